The first-order valence-corrected chi connectivity index (χ1v) is 12.2. The van der Waals surface area contributed by atoms with E-state index >= 15 is 0 Å². The highest BCUT2D eigenvalue weighted by atomic mass is 16.3. The third-order valence-electron chi connectivity index (χ3n) is 4.50. The smallest absolute Gasteiger partial charge is 0.325 e. The van der Waals surface area contributed by atoms with Gasteiger partial charge in [-0.2, -0.15) is 0 Å². The van der Waals surface area contributed by atoms with Gasteiger partial charge in [0.25, 0.3) is 0 Å². The van der Waals surface area contributed by atoms with Gasteiger partial charge in [-0.15, -0.1) is 0 Å². The van der Waals surface area contributed by atoms with Crippen molar-refractivity contribution < 1.29 is 39.3 Å². The molecule has 0 unspecified atom stereocenters. The fraction of sp³-hybridized carbons (Fsp3) is 0.783. The van der Waals surface area contributed by atoms with Gasteiger partial charge in [-0.3, -0.25) is 0 Å². The molecule has 14 heteroatoms. The van der Waals surface area contributed by atoms with Crippen LogP contribution in [-0.2, 0) is 14.4 Å². The fourth-order valence-electron chi connectivity index (χ4n) is 2.79. The quantitative estimate of drug-likeness (QED) is 0.0735. The molecule has 214 valence electrons. The second-order valence-electron chi connectivity index (χ2n) is 7.34. The van der Waals surface area contributed by atoms with E-state index in [0.717, 1.165) is 88.9 Å². The fourth-order valence-corrected chi connectivity index (χ4v) is 2.79. The van der Waals surface area contributed by atoms with Crippen LogP contribution >= 0.6 is 0 Å². The number of unbranched alkanes of at least 4 members (excludes halogenated alkanes) is 9. The number of isocyanates is 3. The van der Waals surface area contributed by atoms with E-state index in [1.165, 1.54) is 4.90 Å². The molecule has 0 saturated heterocycles. The van der Waals surface area contributed by atoms with Gasteiger partial charge in [-0.25, -0.2) is 45.1 Å². The third kappa shape index (κ3) is 40.2. The van der Waals surface area contributed by atoms with E-state index in [9.17, 15) is 9.59 Å². The van der Waals surface area contributed by atoms with E-state index < -0.39 is 0 Å². The normalized spacial score (nSPS) is 8.73. The van der Waals surface area contributed by atoms with E-state index in [0.29, 0.717) is 26.1 Å². The Morgan fingerprint density at radius 2 is 0.811 bits per heavy atom. The van der Waals surface area contributed by atoms with Gasteiger partial charge in [-0.1, -0.05) is 38.5 Å². The van der Waals surface area contributed by atoms with E-state index in [1.807, 2.05) is 0 Å². The summed E-state index contributed by atoms with van der Waals surface area (Å²) < 4.78 is 0. The van der Waals surface area contributed by atoms with Crippen LogP contribution in [0.25, 0.3) is 0 Å². The zero-order chi connectivity index (χ0) is 29.0. The molecule has 0 rings (SSSR count). The van der Waals surface area contributed by atoms with Crippen molar-refractivity contribution in [1.29, 1.82) is 16.2 Å². The lowest BCUT2D eigenvalue weighted by molar-refractivity contribution is 0.184. The molecular weight excluding hydrogens is 488 g/mol. The first kappa shape index (κ1) is 40.9. The number of carbonyl (C=O) groups is 2. The van der Waals surface area contributed by atoms with E-state index in [2.05, 4.69) is 10.6 Å². The lowest BCUT2D eigenvalue weighted by atomic mass is 10.2. The Bertz CT molecular complexity index is 562. The summed E-state index contributed by atoms with van der Waals surface area (Å²) >= 11 is 0. The second kappa shape index (κ2) is 40.0. The Morgan fingerprint density at radius 1 is 0.541 bits per heavy atom. The molecule has 8 N–H and O–H groups in total. The molecule has 0 aromatic heterocycles. The predicted molar refractivity (Wildman–Crippen MR) is 135 cm³/mol. The molecule has 0 aliphatic rings. The summed E-state index contributed by atoms with van der Waals surface area (Å²) in [7, 11) is 0. The average molecular weight is 533 g/mol. The summed E-state index contributed by atoms with van der Waals surface area (Å²) in [6.07, 6.45) is 12.4. The Kier molecular flexibility index (Phi) is 44.2. The first-order chi connectivity index (χ1) is 17.9. The molecule has 0 aromatic carbocycles. The topological polar surface area (TPSA) is 245 Å². The molecule has 0 heterocycles. The van der Waals surface area contributed by atoms with Crippen molar-refractivity contribution in [3.05, 3.63) is 0 Å². The minimum Gasteiger partial charge on any atom is -0.396 e. The van der Waals surface area contributed by atoms with Gasteiger partial charge in [0.1, 0.15) is 0 Å². The second-order valence-corrected chi connectivity index (χ2v) is 7.34. The van der Waals surface area contributed by atoms with Crippen molar-refractivity contribution >= 4 is 30.3 Å². The summed E-state index contributed by atoms with van der Waals surface area (Å²) in [5.41, 5.74) is 0. The SMILES string of the molecule is N=C=O.N=C=O.N=C=O.O=C(NCCCCCCO)N(CCCCCCO)C(=O)NCCCCCCO. The number of carbonyl (C=O) groups excluding carboxylic acids is 5. The van der Waals surface area contributed by atoms with Gasteiger partial charge in [0.05, 0.1) is 0 Å². The third-order valence-corrected chi connectivity index (χ3v) is 4.50. The van der Waals surface area contributed by atoms with Crippen LogP contribution in [0.5, 0.6) is 0 Å². The highest BCUT2D eigenvalue weighted by Gasteiger charge is 2.20. The van der Waals surface area contributed by atoms with Gasteiger partial charge >= 0.3 is 12.1 Å². The number of nitrogens with one attached hydrogen (secondary N) is 5. The highest BCUT2D eigenvalue weighted by molar-refractivity contribution is 5.93. The van der Waals surface area contributed by atoms with Crippen molar-refractivity contribution in [1.82, 2.24) is 15.5 Å². The summed E-state index contributed by atoms with van der Waals surface area (Å²) in [5.74, 6) is 0. The average Bonchev–Trinajstić information content (AvgIpc) is 2.87. The highest BCUT2D eigenvalue weighted by Crippen LogP contribution is 2.04. The lowest BCUT2D eigenvalue weighted by Gasteiger charge is -2.22. The van der Waals surface area contributed by atoms with Gasteiger partial charge in [0.2, 0.25) is 18.2 Å². The molecule has 0 bridgehead atoms. The molecule has 37 heavy (non-hydrogen) atoms. The molecule has 0 aliphatic heterocycles. The number of nitrogens with zero attached hydrogens (tertiary/aromatic N) is 1. The van der Waals surface area contributed by atoms with Crippen molar-refractivity contribution in [2.24, 2.45) is 0 Å². The van der Waals surface area contributed by atoms with Crippen LogP contribution in [0.4, 0.5) is 9.59 Å². The van der Waals surface area contributed by atoms with E-state index in [-0.39, 0.29) is 31.9 Å². The van der Waals surface area contributed by atoms with Gasteiger partial charge in [0.15, 0.2) is 0 Å². The number of imide groups is 1. The van der Waals surface area contributed by atoms with Crippen molar-refractivity contribution in [2.45, 2.75) is 77.0 Å². The molecule has 4 amide bonds. The summed E-state index contributed by atoms with van der Waals surface area (Å²) in [6.45, 7) is 1.93. The Balaban J connectivity index is -0.000000524. The minimum atomic E-state index is -0.373. The first-order valence-electron chi connectivity index (χ1n) is 12.2. The number of rotatable bonds is 18. The number of hydrogen-bond acceptors (Lipinski definition) is 11. The number of aliphatic hydroxyl groups excluding tert-OH is 3. The molecule has 0 saturated carbocycles. The van der Waals surface area contributed by atoms with Gasteiger partial charge < -0.3 is 26.0 Å². The van der Waals surface area contributed by atoms with Crippen molar-refractivity contribution in [3.63, 3.8) is 0 Å². The molecule has 0 radical (unpaired) electrons. The number of hydrogen-bond donors (Lipinski definition) is 8. The van der Waals surface area contributed by atoms with Crippen LogP contribution in [0.15, 0.2) is 0 Å². The molecule has 0 aromatic rings. The maximum atomic E-state index is 12.4. The Hall–Kier alpha value is -3.24. The van der Waals surface area contributed by atoms with E-state index in [1.54, 1.807) is 0 Å². The Labute approximate surface area is 218 Å². The zero-order valence-corrected chi connectivity index (χ0v) is 21.6. The maximum absolute atomic E-state index is 12.4. The van der Waals surface area contributed by atoms with Crippen LogP contribution in [0.3, 0.4) is 0 Å². The van der Waals surface area contributed by atoms with Crippen LogP contribution < -0.4 is 10.6 Å². The largest absolute Gasteiger partial charge is 0.396 e. The number of amides is 4. The van der Waals surface area contributed by atoms with Gasteiger partial charge in [0, 0.05) is 39.5 Å². The summed E-state index contributed by atoms with van der Waals surface area (Å²) in [5, 5.41) is 48.2. The van der Waals surface area contributed by atoms with E-state index in [4.69, 9.17) is 45.9 Å². The van der Waals surface area contributed by atoms with Crippen LogP contribution in [0.1, 0.15) is 77.0 Å². The summed E-state index contributed by atoms with van der Waals surface area (Å²) in [4.78, 5) is 51.1. The monoisotopic (exact) mass is 532 g/mol. The number of urea groups is 2. The standard InChI is InChI=1S/C20H41N3O5.3CHNO/c24-16-10-4-1-7-13-21-19(27)23(15-9-3-6-12-18-26)20(28)22-14-8-2-5-11-17-25;3*2-1-3/h24-26H,1-18H2,(H,21,27)(H,22,28);3*2H. The Morgan fingerprint density at radius 3 is 1.11 bits per heavy atom. The van der Waals surface area contributed by atoms with Gasteiger partial charge in [-0.05, 0) is 38.5 Å². The molecule has 0 spiro atoms. The summed E-state index contributed by atoms with van der Waals surface area (Å²) in [6, 6.07) is -0.746. The minimum absolute atomic E-state index is 0.164. The maximum Gasteiger partial charge on any atom is 0.325 e. The van der Waals surface area contributed by atoms with Crippen LogP contribution in [-0.4, -0.2) is 90.0 Å². The molecular formula is C23H44N6O8. The molecule has 0 fully saturated rings. The lowest BCUT2D eigenvalue weighted by Crippen LogP contribution is -2.49. The van der Waals surface area contributed by atoms with Crippen molar-refractivity contribution in [2.75, 3.05) is 39.5 Å². The molecule has 14 nitrogen and oxygen atoms in total. The predicted octanol–water partition coefficient (Wildman–Crippen LogP) is 2.07. The molecule has 0 atom stereocenters. The zero-order valence-electron chi connectivity index (χ0n) is 21.6. The van der Waals surface area contributed by atoms with Crippen LogP contribution in [0.2, 0.25) is 0 Å². The number of aliphatic hydroxyl groups is 3. The van der Waals surface area contributed by atoms with Crippen LogP contribution in [0, 0.1) is 16.2 Å². The molecule has 0 aliphatic carbocycles. The van der Waals surface area contributed by atoms with Crippen molar-refractivity contribution in [3.8, 4) is 0 Å².